The highest BCUT2D eigenvalue weighted by molar-refractivity contribution is 5.63. The zero-order chi connectivity index (χ0) is 14.3. The molecule has 102 valence electrons. The fourth-order valence-corrected chi connectivity index (χ4v) is 2.02. The van der Waals surface area contributed by atoms with Crippen LogP contribution in [0.25, 0.3) is 16.9 Å². The Kier molecular flexibility index (Phi) is 2.74. The second-order valence-corrected chi connectivity index (χ2v) is 4.44. The average Bonchev–Trinajstić information content (AvgIpc) is 2.83. The molecule has 0 radical (unpaired) electrons. The molecule has 0 amide bonds. The number of imidazole rings is 1. The van der Waals surface area contributed by atoms with Crippen molar-refractivity contribution >= 4 is 5.65 Å². The van der Waals surface area contributed by atoms with Gasteiger partial charge in [-0.2, -0.15) is 13.2 Å². The van der Waals surface area contributed by atoms with Crippen molar-refractivity contribution in [2.75, 3.05) is 0 Å². The lowest BCUT2D eigenvalue weighted by Crippen LogP contribution is -2.03. The van der Waals surface area contributed by atoms with Gasteiger partial charge < -0.3 is 4.40 Å². The highest BCUT2D eigenvalue weighted by Crippen LogP contribution is 2.30. The van der Waals surface area contributed by atoms with Crippen LogP contribution in [0.1, 0.15) is 11.3 Å². The average molecular weight is 277 g/mol. The van der Waals surface area contributed by atoms with Crippen molar-refractivity contribution in [2.45, 2.75) is 13.1 Å². The number of aromatic nitrogens is 3. The Morgan fingerprint density at radius 3 is 2.40 bits per heavy atom. The normalized spacial score (nSPS) is 12.0. The molecule has 2 aromatic heterocycles. The second kappa shape index (κ2) is 4.33. The van der Waals surface area contributed by atoms with Crippen LogP contribution in [0.5, 0.6) is 0 Å². The first-order valence-corrected chi connectivity index (χ1v) is 5.93. The summed E-state index contributed by atoms with van der Waals surface area (Å²) in [5.41, 5.74) is 2.06. The fraction of sp³-hybridized carbons (Fsp3) is 0.143. The van der Waals surface area contributed by atoms with E-state index in [0.29, 0.717) is 16.9 Å². The Balaban J connectivity index is 2.05. The number of halogens is 3. The summed E-state index contributed by atoms with van der Waals surface area (Å²) in [6.45, 7) is 1.83. The SMILES string of the molecule is Cc1nccn2cc(-c3ccc(C(F)(F)F)cc3)nc12. The predicted molar refractivity (Wildman–Crippen MR) is 68.2 cm³/mol. The van der Waals surface area contributed by atoms with E-state index in [-0.39, 0.29) is 0 Å². The minimum Gasteiger partial charge on any atom is -0.303 e. The molecule has 0 N–H and O–H groups in total. The van der Waals surface area contributed by atoms with Crippen LogP contribution in [0, 0.1) is 6.92 Å². The molecule has 0 atom stereocenters. The van der Waals surface area contributed by atoms with Gasteiger partial charge in [-0.05, 0) is 19.1 Å². The third-order valence-corrected chi connectivity index (χ3v) is 3.06. The van der Waals surface area contributed by atoms with Gasteiger partial charge in [-0.15, -0.1) is 0 Å². The summed E-state index contributed by atoms with van der Waals surface area (Å²) in [4.78, 5) is 8.52. The zero-order valence-corrected chi connectivity index (χ0v) is 10.5. The first-order valence-electron chi connectivity index (χ1n) is 5.93. The Morgan fingerprint density at radius 2 is 1.80 bits per heavy atom. The summed E-state index contributed by atoms with van der Waals surface area (Å²) in [5, 5.41) is 0. The Labute approximate surface area is 112 Å². The summed E-state index contributed by atoms with van der Waals surface area (Å²) < 4.78 is 39.3. The van der Waals surface area contributed by atoms with Crippen LogP contribution in [-0.4, -0.2) is 14.4 Å². The molecule has 0 aliphatic heterocycles. The summed E-state index contributed by atoms with van der Waals surface area (Å²) in [5.74, 6) is 0. The van der Waals surface area contributed by atoms with Gasteiger partial charge in [-0.1, -0.05) is 12.1 Å². The van der Waals surface area contributed by atoms with Crippen LogP contribution in [0.3, 0.4) is 0 Å². The van der Waals surface area contributed by atoms with Crippen LogP contribution in [-0.2, 0) is 6.18 Å². The van der Waals surface area contributed by atoms with Crippen molar-refractivity contribution in [3.05, 3.63) is 54.1 Å². The number of hydrogen-bond donors (Lipinski definition) is 0. The molecule has 0 saturated heterocycles. The highest BCUT2D eigenvalue weighted by atomic mass is 19.4. The molecular formula is C14H10F3N3. The molecule has 0 saturated carbocycles. The molecule has 0 fully saturated rings. The number of aryl methyl sites for hydroxylation is 1. The molecule has 6 heteroatoms. The molecule has 0 aliphatic rings. The molecule has 1 aromatic carbocycles. The number of benzene rings is 1. The van der Waals surface area contributed by atoms with Crippen molar-refractivity contribution < 1.29 is 13.2 Å². The Hall–Kier alpha value is -2.37. The lowest BCUT2D eigenvalue weighted by atomic mass is 10.1. The summed E-state index contributed by atoms with van der Waals surface area (Å²) in [6, 6.07) is 4.97. The van der Waals surface area contributed by atoms with Crippen LogP contribution in [0.2, 0.25) is 0 Å². The van der Waals surface area contributed by atoms with Crippen LogP contribution < -0.4 is 0 Å². The van der Waals surface area contributed by atoms with E-state index in [9.17, 15) is 13.2 Å². The van der Waals surface area contributed by atoms with E-state index in [2.05, 4.69) is 9.97 Å². The minimum atomic E-state index is -4.32. The molecule has 3 rings (SSSR count). The van der Waals surface area contributed by atoms with Crippen molar-refractivity contribution in [1.29, 1.82) is 0 Å². The van der Waals surface area contributed by atoms with Gasteiger partial charge >= 0.3 is 6.18 Å². The van der Waals surface area contributed by atoms with Gasteiger partial charge in [0.05, 0.1) is 17.0 Å². The van der Waals surface area contributed by atoms with E-state index in [1.165, 1.54) is 12.1 Å². The molecule has 3 aromatic rings. The van der Waals surface area contributed by atoms with Crippen LogP contribution in [0.4, 0.5) is 13.2 Å². The van der Waals surface area contributed by atoms with Gasteiger partial charge in [-0.25, -0.2) is 4.98 Å². The summed E-state index contributed by atoms with van der Waals surface area (Å²) >= 11 is 0. The molecule has 2 heterocycles. The summed E-state index contributed by atoms with van der Waals surface area (Å²) in [6.07, 6.45) is 0.855. The molecular weight excluding hydrogens is 267 g/mol. The fourth-order valence-electron chi connectivity index (χ4n) is 2.02. The largest absolute Gasteiger partial charge is 0.416 e. The van der Waals surface area contributed by atoms with E-state index in [1.807, 2.05) is 6.92 Å². The topological polar surface area (TPSA) is 30.2 Å². The van der Waals surface area contributed by atoms with Crippen molar-refractivity contribution in [3.63, 3.8) is 0 Å². The van der Waals surface area contributed by atoms with E-state index < -0.39 is 11.7 Å². The number of hydrogen-bond acceptors (Lipinski definition) is 2. The maximum absolute atomic E-state index is 12.5. The molecule has 3 nitrogen and oxygen atoms in total. The van der Waals surface area contributed by atoms with Gasteiger partial charge in [0.2, 0.25) is 0 Å². The third-order valence-electron chi connectivity index (χ3n) is 3.06. The molecule has 20 heavy (non-hydrogen) atoms. The quantitative estimate of drug-likeness (QED) is 0.678. The number of fused-ring (bicyclic) bond motifs is 1. The van der Waals surface area contributed by atoms with Gasteiger partial charge in [0.15, 0.2) is 5.65 Å². The lowest BCUT2D eigenvalue weighted by molar-refractivity contribution is -0.137. The Bertz CT molecular complexity index is 757. The molecule has 0 bridgehead atoms. The lowest BCUT2D eigenvalue weighted by Gasteiger charge is -2.06. The van der Waals surface area contributed by atoms with E-state index in [4.69, 9.17) is 0 Å². The van der Waals surface area contributed by atoms with Gasteiger partial charge in [0.25, 0.3) is 0 Å². The molecule has 0 aliphatic carbocycles. The molecule has 0 unspecified atom stereocenters. The van der Waals surface area contributed by atoms with Gasteiger partial charge in [0, 0.05) is 24.2 Å². The number of alkyl halides is 3. The van der Waals surface area contributed by atoms with E-state index in [1.54, 1.807) is 23.0 Å². The molecule has 0 spiro atoms. The van der Waals surface area contributed by atoms with Crippen LogP contribution in [0.15, 0.2) is 42.9 Å². The van der Waals surface area contributed by atoms with Gasteiger partial charge in [0.1, 0.15) is 0 Å². The number of rotatable bonds is 1. The Morgan fingerprint density at radius 1 is 1.10 bits per heavy atom. The van der Waals surface area contributed by atoms with Crippen LogP contribution >= 0.6 is 0 Å². The smallest absolute Gasteiger partial charge is 0.303 e. The maximum atomic E-state index is 12.5. The van der Waals surface area contributed by atoms with E-state index in [0.717, 1.165) is 17.8 Å². The monoisotopic (exact) mass is 277 g/mol. The van der Waals surface area contributed by atoms with Gasteiger partial charge in [-0.3, -0.25) is 4.98 Å². The number of nitrogens with zero attached hydrogens (tertiary/aromatic N) is 3. The summed E-state index contributed by atoms with van der Waals surface area (Å²) in [7, 11) is 0. The van der Waals surface area contributed by atoms with Crippen molar-refractivity contribution in [1.82, 2.24) is 14.4 Å². The minimum absolute atomic E-state index is 0.620. The van der Waals surface area contributed by atoms with Crippen molar-refractivity contribution in [3.8, 4) is 11.3 Å². The van der Waals surface area contributed by atoms with E-state index >= 15 is 0 Å². The maximum Gasteiger partial charge on any atom is 0.416 e. The van der Waals surface area contributed by atoms with Crippen molar-refractivity contribution in [2.24, 2.45) is 0 Å². The second-order valence-electron chi connectivity index (χ2n) is 4.44. The highest BCUT2D eigenvalue weighted by Gasteiger charge is 2.30. The third kappa shape index (κ3) is 2.13. The predicted octanol–water partition coefficient (Wildman–Crippen LogP) is 3.72. The first kappa shape index (κ1) is 12.7. The standard InChI is InChI=1S/C14H10F3N3/c1-9-13-19-12(8-20(13)7-6-18-9)10-2-4-11(5-3-10)14(15,16)17/h2-8H,1H3. The zero-order valence-electron chi connectivity index (χ0n) is 10.5. The first-order chi connectivity index (χ1) is 9.45.